The fraction of sp³-hybridized carbons (Fsp3) is 0.556. The van der Waals surface area contributed by atoms with Crippen molar-refractivity contribution in [2.45, 2.75) is 25.3 Å². The molecule has 1 N–H and O–H groups in total. The minimum absolute atomic E-state index is 0.684. The smallest absolute Gasteiger partial charge is 0.0317 e. The van der Waals surface area contributed by atoms with Crippen LogP contribution < -0.4 is 5.32 Å². The Balaban J connectivity index is 2.16. The molecule has 0 aromatic carbocycles. The zero-order chi connectivity index (χ0) is 8.55. The summed E-state index contributed by atoms with van der Waals surface area (Å²) in [4.78, 5) is 1.51. The van der Waals surface area contributed by atoms with Crippen molar-refractivity contribution in [3.8, 4) is 0 Å². The van der Waals surface area contributed by atoms with Gasteiger partial charge in [0.1, 0.15) is 0 Å². The topological polar surface area (TPSA) is 12.0 Å². The molecule has 3 heteroatoms. The summed E-state index contributed by atoms with van der Waals surface area (Å²) in [6.07, 6.45) is 1.28. The number of rotatable bonds is 1. The number of thiophene rings is 1. The van der Waals surface area contributed by atoms with Crippen LogP contribution in [0.1, 0.15) is 24.1 Å². The average molecular weight is 246 g/mol. The number of halogens is 1. The first-order chi connectivity index (χ1) is 5.77. The van der Waals surface area contributed by atoms with E-state index in [1.165, 1.54) is 15.8 Å². The first kappa shape index (κ1) is 8.73. The van der Waals surface area contributed by atoms with Crippen molar-refractivity contribution in [3.05, 3.63) is 20.8 Å². The lowest BCUT2D eigenvalue weighted by atomic mass is 10.1. The Hall–Kier alpha value is 0.140. The summed E-state index contributed by atoms with van der Waals surface area (Å²) < 4.78 is 1.29. The first-order valence-corrected chi connectivity index (χ1v) is 5.91. The van der Waals surface area contributed by atoms with Gasteiger partial charge in [-0.15, -0.1) is 11.3 Å². The molecule has 2 atom stereocenters. The van der Waals surface area contributed by atoms with E-state index in [9.17, 15) is 0 Å². The molecule has 0 spiro atoms. The summed E-state index contributed by atoms with van der Waals surface area (Å²) in [6, 6.07) is 2.83. The molecule has 0 radical (unpaired) electrons. The molecule has 0 amide bonds. The van der Waals surface area contributed by atoms with Crippen LogP contribution in [0, 0.1) is 0 Å². The summed E-state index contributed by atoms with van der Waals surface area (Å²) in [6.45, 7) is 3.39. The van der Waals surface area contributed by atoms with E-state index >= 15 is 0 Å². The van der Waals surface area contributed by atoms with Gasteiger partial charge in [0.2, 0.25) is 0 Å². The summed E-state index contributed by atoms with van der Waals surface area (Å²) in [5, 5.41) is 5.63. The van der Waals surface area contributed by atoms with Crippen LogP contribution in [0.25, 0.3) is 0 Å². The second-order valence-electron chi connectivity index (χ2n) is 3.37. The molecule has 0 bridgehead atoms. The number of hydrogen-bond acceptors (Lipinski definition) is 2. The third kappa shape index (κ3) is 1.58. The van der Waals surface area contributed by atoms with E-state index in [4.69, 9.17) is 0 Å². The average Bonchev–Trinajstić information content (AvgIpc) is 2.58. The lowest BCUT2D eigenvalue weighted by Gasteiger charge is -2.05. The maximum Gasteiger partial charge on any atom is 0.0317 e. The van der Waals surface area contributed by atoms with Crippen LogP contribution >= 0.6 is 27.3 Å². The Labute approximate surface area is 85.3 Å². The van der Waals surface area contributed by atoms with E-state index in [1.54, 1.807) is 0 Å². The van der Waals surface area contributed by atoms with Crippen LogP contribution in [0.3, 0.4) is 0 Å². The fourth-order valence-corrected chi connectivity index (χ4v) is 3.55. The van der Waals surface area contributed by atoms with Crippen molar-refractivity contribution in [3.63, 3.8) is 0 Å². The van der Waals surface area contributed by atoms with E-state index in [1.807, 2.05) is 11.3 Å². The predicted octanol–water partition coefficient (Wildman–Crippen LogP) is 2.98. The number of nitrogens with one attached hydrogen (secondary N) is 1. The molecule has 1 nitrogen and oxygen atoms in total. The van der Waals surface area contributed by atoms with Crippen LogP contribution in [-0.4, -0.2) is 12.6 Å². The molecule has 66 valence electrons. The summed E-state index contributed by atoms with van der Waals surface area (Å²) in [5.41, 5.74) is 0. The van der Waals surface area contributed by atoms with Gasteiger partial charge in [0.05, 0.1) is 0 Å². The van der Waals surface area contributed by atoms with Crippen molar-refractivity contribution >= 4 is 27.3 Å². The Bertz CT molecular complexity index is 271. The maximum atomic E-state index is 3.58. The van der Waals surface area contributed by atoms with Gasteiger partial charge in [0, 0.05) is 27.9 Å². The van der Waals surface area contributed by atoms with E-state index in [0.29, 0.717) is 6.04 Å². The molecule has 1 aromatic heterocycles. The molecule has 1 aliphatic rings. The molecule has 2 unspecified atom stereocenters. The standard InChI is InChI=1S/C9H12BrNS/c1-6-4-7(5-11-6)9-8(10)2-3-12-9/h2-3,6-7,11H,4-5H2,1H3. The quantitative estimate of drug-likeness (QED) is 0.803. The van der Waals surface area contributed by atoms with Gasteiger partial charge >= 0.3 is 0 Å². The van der Waals surface area contributed by atoms with Gasteiger partial charge in [-0.25, -0.2) is 0 Å². The van der Waals surface area contributed by atoms with E-state index in [-0.39, 0.29) is 0 Å². The molecule has 2 rings (SSSR count). The summed E-state index contributed by atoms with van der Waals surface area (Å²) >= 11 is 5.44. The molecule has 1 aliphatic heterocycles. The normalized spacial score (nSPS) is 29.5. The Morgan fingerprint density at radius 2 is 2.50 bits per heavy atom. The Morgan fingerprint density at radius 3 is 3.00 bits per heavy atom. The van der Waals surface area contributed by atoms with Crippen molar-refractivity contribution in [1.82, 2.24) is 5.32 Å². The van der Waals surface area contributed by atoms with Gasteiger partial charge in [-0.3, -0.25) is 0 Å². The zero-order valence-electron chi connectivity index (χ0n) is 7.01. The van der Waals surface area contributed by atoms with E-state index < -0.39 is 0 Å². The first-order valence-electron chi connectivity index (χ1n) is 4.23. The van der Waals surface area contributed by atoms with Gasteiger partial charge in [0.15, 0.2) is 0 Å². The lowest BCUT2D eigenvalue weighted by Crippen LogP contribution is -2.16. The van der Waals surface area contributed by atoms with Crippen LogP contribution in [0.4, 0.5) is 0 Å². The van der Waals surface area contributed by atoms with Crippen LogP contribution in [0.5, 0.6) is 0 Å². The van der Waals surface area contributed by atoms with Gasteiger partial charge in [-0.05, 0) is 40.7 Å². The molecule has 1 saturated heterocycles. The highest BCUT2D eigenvalue weighted by atomic mass is 79.9. The highest BCUT2D eigenvalue weighted by molar-refractivity contribution is 9.10. The van der Waals surface area contributed by atoms with Gasteiger partial charge in [-0.1, -0.05) is 0 Å². The van der Waals surface area contributed by atoms with Crippen molar-refractivity contribution in [2.75, 3.05) is 6.54 Å². The van der Waals surface area contributed by atoms with Gasteiger partial charge < -0.3 is 5.32 Å². The fourth-order valence-electron chi connectivity index (χ4n) is 1.73. The monoisotopic (exact) mass is 245 g/mol. The van der Waals surface area contributed by atoms with E-state index in [0.717, 1.165) is 12.5 Å². The summed E-state index contributed by atoms with van der Waals surface area (Å²) in [7, 11) is 0. The van der Waals surface area contributed by atoms with Crippen LogP contribution in [0.15, 0.2) is 15.9 Å². The summed E-state index contributed by atoms with van der Waals surface area (Å²) in [5.74, 6) is 0.731. The Morgan fingerprint density at radius 1 is 1.67 bits per heavy atom. The molecule has 1 fully saturated rings. The van der Waals surface area contributed by atoms with Crippen LogP contribution in [-0.2, 0) is 0 Å². The molecular formula is C9H12BrNS. The highest BCUT2D eigenvalue weighted by Crippen LogP contribution is 2.34. The van der Waals surface area contributed by atoms with Crippen molar-refractivity contribution < 1.29 is 0 Å². The van der Waals surface area contributed by atoms with Crippen LogP contribution in [0.2, 0.25) is 0 Å². The maximum absolute atomic E-state index is 3.58. The Kier molecular flexibility index (Phi) is 2.53. The lowest BCUT2D eigenvalue weighted by molar-refractivity contribution is 0.659. The minimum Gasteiger partial charge on any atom is -0.314 e. The number of hydrogen-bond donors (Lipinski definition) is 1. The van der Waals surface area contributed by atoms with Gasteiger partial charge in [-0.2, -0.15) is 0 Å². The molecule has 0 saturated carbocycles. The van der Waals surface area contributed by atoms with Crippen molar-refractivity contribution in [1.29, 1.82) is 0 Å². The minimum atomic E-state index is 0.684. The largest absolute Gasteiger partial charge is 0.314 e. The zero-order valence-corrected chi connectivity index (χ0v) is 9.41. The molecule has 2 heterocycles. The molecule has 1 aromatic rings. The second kappa shape index (κ2) is 3.48. The van der Waals surface area contributed by atoms with Crippen molar-refractivity contribution in [2.24, 2.45) is 0 Å². The third-order valence-electron chi connectivity index (χ3n) is 2.37. The second-order valence-corrected chi connectivity index (χ2v) is 5.18. The third-order valence-corrected chi connectivity index (χ3v) is 4.40. The molecule has 12 heavy (non-hydrogen) atoms. The predicted molar refractivity (Wildman–Crippen MR) is 56.8 cm³/mol. The SMILES string of the molecule is CC1CC(c2sccc2Br)CN1. The molecule has 0 aliphatic carbocycles. The van der Waals surface area contributed by atoms with Gasteiger partial charge in [0.25, 0.3) is 0 Å². The van der Waals surface area contributed by atoms with E-state index in [2.05, 4.69) is 39.6 Å². The highest BCUT2D eigenvalue weighted by Gasteiger charge is 2.24. The molecular weight excluding hydrogens is 234 g/mol.